The number of urea groups is 1. The molecule has 276 valence electrons. The van der Waals surface area contributed by atoms with Crippen LogP contribution in [0.3, 0.4) is 0 Å². The highest BCUT2D eigenvalue weighted by Gasteiger charge is 2.43. The van der Waals surface area contributed by atoms with Crippen molar-refractivity contribution in [3.05, 3.63) is 40.4 Å². The van der Waals surface area contributed by atoms with E-state index in [9.17, 15) is 29.4 Å². The Labute approximate surface area is 298 Å². The van der Waals surface area contributed by atoms with Crippen molar-refractivity contribution in [3.8, 4) is 0 Å². The van der Waals surface area contributed by atoms with E-state index in [2.05, 4.69) is 15.5 Å². The van der Waals surface area contributed by atoms with Crippen molar-refractivity contribution >= 4 is 46.3 Å². The number of carboxylic acid groups (broad SMARTS) is 2. The lowest BCUT2D eigenvalue weighted by Crippen LogP contribution is -2.66. The Morgan fingerprint density at radius 2 is 1.40 bits per heavy atom. The van der Waals surface area contributed by atoms with Gasteiger partial charge in [-0.05, 0) is 72.1 Å². The normalized spacial score (nSPS) is 15.9. The van der Waals surface area contributed by atoms with Gasteiger partial charge in [0.05, 0.1) is 18.9 Å². The van der Waals surface area contributed by atoms with Crippen molar-refractivity contribution in [3.63, 3.8) is 0 Å². The number of benzene rings is 1. The number of thiazole rings is 1. The topological polar surface area (TPSA) is 171 Å². The zero-order valence-corrected chi connectivity index (χ0v) is 31.0. The maximum absolute atomic E-state index is 12.9. The van der Waals surface area contributed by atoms with E-state index in [0.717, 1.165) is 39.0 Å². The van der Waals surface area contributed by atoms with Crippen molar-refractivity contribution in [2.45, 2.75) is 85.2 Å². The summed E-state index contributed by atoms with van der Waals surface area (Å²) >= 11 is 1.47. The smallest absolute Gasteiger partial charge is 0.410 e. The van der Waals surface area contributed by atoms with Crippen LogP contribution >= 0.6 is 11.3 Å². The van der Waals surface area contributed by atoms with Crippen molar-refractivity contribution in [2.75, 3.05) is 63.1 Å². The summed E-state index contributed by atoms with van der Waals surface area (Å²) in [5, 5.41) is 26.8. The third-order valence-corrected chi connectivity index (χ3v) is 9.60. The molecule has 4 rings (SSSR count). The van der Waals surface area contributed by atoms with Gasteiger partial charge in [0.25, 0.3) is 0 Å². The molecule has 0 atom stereocenters. The van der Waals surface area contributed by atoms with Crippen LogP contribution in [0, 0.1) is 0 Å². The molecule has 2 aromatic rings. The van der Waals surface area contributed by atoms with Gasteiger partial charge >= 0.3 is 18.2 Å². The zero-order chi connectivity index (χ0) is 36.8. The van der Waals surface area contributed by atoms with Crippen LogP contribution in [-0.4, -0.2) is 134 Å². The molecule has 1 aromatic carbocycles. The number of carbonyl (C=O) groups excluding carboxylic acids is 2. The number of rotatable bonds is 10. The van der Waals surface area contributed by atoms with Crippen molar-refractivity contribution in [2.24, 2.45) is 0 Å². The Bertz CT molecular complexity index is 1460. The highest BCUT2D eigenvalue weighted by Crippen LogP contribution is 2.29. The lowest BCUT2D eigenvalue weighted by atomic mass is 10.0. The molecule has 0 bridgehead atoms. The third kappa shape index (κ3) is 10.2. The molecular formula is C34H52N8O7S. The maximum atomic E-state index is 12.9. The number of nitrogens with one attached hydrogen (secondary N) is 2. The summed E-state index contributed by atoms with van der Waals surface area (Å²) in [6.07, 6.45) is -2.40. The number of nitrogens with zero attached hydrogens (tertiary/aromatic N) is 6. The molecule has 2 aliphatic rings. The number of hydrogen-bond acceptors (Lipinski definition) is 9. The second-order valence-electron chi connectivity index (χ2n) is 14.6. The highest BCUT2D eigenvalue weighted by molar-refractivity contribution is 7.15. The monoisotopic (exact) mass is 716 g/mol. The number of amides is 5. The minimum absolute atomic E-state index is 0.0675. The van der Waals surface area contributed by atoms with Gasteiger partial charge < -0.3 is 35.4 Å². The largest absolute Gasteiger partial charge is 0.465 e. The Hall–Kier alpha value is -4.15. The first-order chi connectivity index (χ1) is 23.4. The summed E-state index contributed by atoms with van der Waals surface area (Å²) in [6, 6.07) is 7.55. The number of aryl methyl sites for hydroxylation is 2. The Balaban J connectivity index is 1.44. The maximum Gasteiger partial charge on any atom is 0.410 e. The van der Waals surface area contributed by atoms with E-state index in [1.54, 1.807) is 41.5 Å². The summed E-state index contributed by atoms with van der Waals surface area (Å²) in [6.45, 7) is 17.6. The predicted molar refractivity (Wildman–Crippen MR) is 192 cm³/mol. The molecular weight excluding hydrogens is 664 g/mol. The van der Waals surface area contributed by atoms with Crippen LogP contribution in [0.15, 0.2) is 24.3 Å². The van der Waals surface area contributed by atoms with Crippen LogP contribution in [0.25, 0.3) is 0 Å². The first-order valence-electron chi connectivity index (χ1n) is 16.9. The Kier molecular flexibility index (Phi) is 12.6. The zero-order valence-electron chi connectivity index (χ0n) is 30.2. The lowest BCUT2D eigenvalue weighted by Gasteiger charge is -2.48. The highest BCUT2D eigenvalue weighted by atomic mass is 32.1. The first kappa shape index (κ1) is 38.6. The van der Waals surface area contributed by atoms with Gasteiger partial charge in [-0.1, -0.05) is 12.1 Å². The standard InChI is InChI=1S/C34H52N8O7S/c1-23(43)35-28-37-26(27(50-28)22-38-14-16-39(17-15-38)30(44)40-18-20-49-21-19-40)13-10-24-8-11-25(12-9-24)36-29(41(31(45)46)33(2,3)4)42(32(47)48)34(5,6)7/h8-9,11-12,29,36H,10,13-22H2,1-7H3,(H,45,46)(H,47,48)(H,35,37,43). The van der Waals surface area contributed by atoms with Crippen molar-refractivity contribution < 1.29 is 34.1 Å². The fourth-order valence-corrected chi connectivity index (χ4v) is 7.20. The van der Waals surface area contributed by atoms with Gasteiger partial charge in [-0.15, -0.1) is 11.3 Å². The van der Waals surface area contributed by atoms with Gasteiger partial charge in [0.2, 0.25) is 5.91 Å². The fourth-order valence-electron chi connectivity index (χ4n) is 6.10. The molecule has 0 unspecified atom stereocenters. The van der Waals surface area contributed by atoms with E-state index in [4.69, 9.17) is 9.72 Å². The second kappa shape index (κ2) is 16.2. The number of piperazine rings is 1. The minimum atomic E-state index is -1.25. The van der Waals surface area contributed by atoms with E-state index < -0.39 is 29.6 Å². The summed E-state index contributed by atoms with van der Waals surface area (Å²) in [5.41, 5.74) is 0.671. The minimum Gasteiger partial charge on any atom is -0.465 e. The van der Waals surface area contributed by atoms with Crippen LogP contribution in [0.1, 0.15) is 64.6 Å². The number of anilines is 2. The van der Waals surface area contributed by atoms with E-state index in [0.29, 0.717) is 69.6 Å². The van der Waals surface area contributed by atoms with Crippen LogP contribution in [0.5, 0.6) is 0 Å². The predicted octanol–water partition coefficient (Wildman–Crippen LogP) is 4.71. The molecule has 1 aromatic heterocycles. The van der Waals surface area contributed by atoms with Crippen LogP contribution in [0.2, 0.25) is 0 Å². The summed E-state index contributed by atoms with van der Waals surface area (Å²) in [7, 11) is 0. The second-order valence-corrected chi connectivity index (χ2v) is 15.7. The molecule has 15 nitrogen and oxygen atoms in total. The van der Waals surface area contributed by atoms with Crippen LogP contribution in [0.4, 0.5) is 25.2 Å². The summed E-state index contributed by atoms with van der Waals surface area (Å²) in [4.78, 5) is 63.7. The van der Waals surface area contributed by atoms with E-state index >= 15 is 0 Å². The average molecular weight is 717 g/mol. The number of aromatic nitrogens is 1. The van der Waals surface area contributed by atoms with Gasteiger partial charge in [-0.2, -0.15) is 0 Å². The molecule has 0 spiro atoms. The van der Waals surface area contributed by atoms with Gasteiger partial charge in [0.15, 0.2) is 11.4 Å². The molecule has 3 heterocycles. The number of hydrogen-bond donors (Lipinski definition) is 4. The third-order valence-electron chi connectivity index (χ3n) is 8.60. The Morgan fingerprint density at radius 1 is 0.860 bits per heavy atom. The fraction of sp³-hybridized carbons (Fsp3) is 0.618. The molecule has 0 aliphatic carbocycles. The molecule has 4 N–H and O–H groups in total. The van der Waals surface area contributed by atoms with Crippen molar-refractivity contribution in [1.29, 1.82) is 0 Å². The van der Waals surface area contributed by atoms with E-state index in [1.165, 1.54) is 18.3 Å². The first-order valence-corrected chi connectivity index (χ1v) is 17.8. The van der Waals surface area contributed by atoms with Crippen LogP contribution < -0.4 is 10.6 Å². The molecule has 50 heavy (non-hydrogen) atoms. The molecule has 0 radical (unpaired) electrons. The summed E-state index contributed by atoms with van der Waals surface area (Å²) < 4.78 is 5.38. The number of carbonyl (C=O) groups is 4. The molecule has 5 amide bonds. The van der Waals surface area contributed by atoms with E-state index in [1.807, 2.05) is 34.1 Å². The Morgan fingerprint density at radius 3 is 1.90 bits per heavy atom. The molecule has 2 saturated heterocycles. The van der Waals surface area contributed by atoms with Crippen LogP contribution in [-0.2, 0) is 28.9 Å². The van der Waals surface area contributed by atoms with Gasteiger partial charge in [-0.25, -0.2) is 19.4 Å². The molecule has 0 saturated carbocycles. The SMILES string of the molecule is CC(=O)Nc1nc(CCc2ccc(NC(N(C(=O)O)C(C)(C)C)N(C(=O)O)C(C)(C)C)cc2)c(CN2CCN(C(=O)N3CCOCC3)CC2)s1. The average Bonchev–Trinajstić information content (AvgIpc) is 3.39. The van der Waals surface area contributed by atoms with Gasteiger partial charge in [-0.3, -0.25) is 19.5 Å². The lowest BCUT2D eigenvalue weighted by molar-refractivity contribution is -0.114. The molecule has 2 aliphatic heterocycles. The molecule has 2 fully saturated rings. The van der Waals surface area contributed by atoms with E-state index in [-0.39, 0.29) is 11.9 Å². The number of ether oxygens (including phenoxy) is 1. The summed E-state index contributed by atoms with van der Waals surface area (Å²) in [5.74, 6) is -0.186. The van der Waals surface area contributed by atoms with Gasteiger partial charge in [0.1, 0.15) is 0 Å². The molecule has 16 heteroatoms. The van der Waals surface area contributed by atoms with Crippen molar-refractivity contribution in [1.82, 2.24) is 29.5 Å². The quantitative estimate of drug-likeness (QED) is 0.253. The van der Waals surface area contributed by atoms with Gasteiger partial charge in [0, 0.05) is 74.4 Å². The number of morpholine rings is 1.